The van der Waals surface area contributed by atoms with E-state index in [4.69, 9.17) is 20.5 Å². The van der Waals surface area contributed by atoms with Crippen LogP contribution in [0, 0.1) is 0 Å². The summed E-state index contributed by atoms with van der Waals surface area (Å²) in [6.45, 7) is 4.36. The van der Waals surface area contributed by atoms with Crippen molar-refractivity contribution in [3.05, 3.63) is 119 Å². The first-order valence-corrected chi connectivity index (χ1v) is 17.0. The van der Waals surface area contributed by atoms with Crippen molar-refractivity contribution >= 4 is 34.2 Å². The quantitative estimate of drug-likeness (QED) is 0.212. The lowest BCUT2D eigenvalue weighted by Crippen LogP contribution is -2.41. The van der Waals surface area contributed by atoms with Crippen molar-refractivity contribution in [2.24, 2.45) is 20.5 Å². The second kappa shape index (κ2) is 14.6. The maximum Gasteiger partial charge on any atom is 0.199 e. The van der Waals surface area contributed by atoms with E-state index in [0.717, 1.165) is 75.7 Å². The van der Waals surface area contributed by atoms with E-state index in [0.29, 0.717) is 0 Å². The first-order valence-electron chi connectivity index (χ1n) is 17.0. The molecule has 0 spiro atoms. The molecule has 0 bridgehead atoms. The number of nitrogens with zero attached hydrogens (tertiary/aromatic N) is 8. The Morgan fingerprint density at radius 1 is 0.531 bits per heavy atom. The molecule has 2 aromatic rings. The van der Waals surface area contributed by atoms with Gasteiger partial charge in [-0.3, -0.25) is 0 Å². The van der Waals surface area contributed by atoms with Gasteiger partial charge in [0.15, 0.2) is 11.4 Å². The molecule has 0 heterocycles. The van der Waals surface area contributed by atoms with Crippen LogP contribution in [0.15, 0.2) is 129 Å². The van der Waals surface area contributed by atoms with Crippen molar-refractivity contribution in [1.29, 1.82) is 0 Å². The van der Waals surface area contributed by atoms with E-state index in [2.05, 4.69) is 186 Å². The van der Waals surface area contributed by atoms with Crippen LogP contribution < -0.4 is 9.80 Å². The smallest absolute Gasteiger partial charge is 0.199 e. The van der Waals surface area contributed by atoms with E-state index in [1.807, 2.05) is 0 Å². The van der Waals surface area contributed by atoms with Crippen molar-refractivity contribution in [2.75, 3.05) is 66.2 Å². The number of allylic oxidation sites excluding steroid dienone is 10. The third kappa shape index (κ3) is 7.85. The molecule has 2 atom stereocenters. The number of benzene rings is 2. The molecule has 3 aliphatic rings. The number of rotatable bonds is 8. The maximum atomic E-state index is 5.16. The van der Waals surface area contributed by atoms with E-state index in [9.17, 15) is 0 Å². The molecule has 0 aromatic heterocycles. The summed E-state index contributed by atoms with van der Waals surface area (Å²) in [4.78, 5) is 4.21. The molecule has 49 heavy (non-hydrogen) atoms. The fourth-order valence-corrected chi connectivity index (χ4v) is 6.19. The molecule has 2 aromatic carbocycles. The molecule has 0 radical (unpaired) electrons. The molecular weight excluding hydrogens is 605 g/mol. The average Bonchev–Trinajstić information content (AvgIpc) is 3.38. The summed E-state index contributed by atoms with van der Waals surface area (Å²) in [5.41, 5.74) is 9.26. The molecule has 254 valence electrons. The lowest BCUT2D eigenvalue weighted by molar-refractivity contribution is -0.462. The Morgan fingerprint density at radius 2 is 0.857 bits per heavy atom. The predicted octanol–water partition coefficient (Wildman–Crippen LogP) is 8.22. The van der Waals surface area contributed by atoms with Gasteiger partial charge in [-0.1, -0.05) is 24.3 Å². The first-order chi connectivity index (χ1) is 23.3. The molecule has 1 saturated carbocycles. The second-order valence-electron chi connectivity index (χ2n) is 14.3. The van der Waals surface area contributed by atoms with Gasteiger partial charge in [0.25, 0.3) is 0 Å². The minimum absolute atomic E-state index is 0.538. The molecular formula is C41H52N8+2. The Hall–Kier alpha value is -4.98. The molecule has 8 nitrogen and oxygen atoms in total. The Labute approximate surface area is 293 Å². The number of anilines is 2. The van der Waals surface area contributed by atoms with Crippen molar-refractivity contribution in [3.63, 3.8) is 0 Å². The van der Waals surface area contributed by atoms with Crippen LogP contribution in [0.5, 0.6) is 0 Å². The topological polar surface area (TPSA) is 61.9 Å². The predicted molar refractivity (Wildman–Crippen MR) is 207 cm³/mol. The van der Waals surface area contributed by atoms with Crippen LogP contribution in [0.4, 0.5) is 11.4 Å². The number of hydrogen-bond acceptors (Lipinski definition) is 6. The van der Waals surface area contributed by atoms with Crippen LogP contribution in [0.3, 0.4) is 0 Å². The Bertz CT molecular complexity index is 1690. The van der Waals surface area contributed by atoms with Crippen LogP contribution in [0.2, 0.25) is 0 Å². The van der Waals surface area contributed by atoms with Gasteiger partial charge in [0.1, 0.15) is 39.3 Å². The van der Waals surface area contributed by atoms with Crippen molar-refractivity contribution in [3.8, 4) is 0 Å². The lowest BCUT2D eigenvalue weighted by atomic mass is 9.84. The second-order valence-corrected chi connectivity index (χ2v) is 14.3. The highest BCUT2D eigenvalue weighted by Crippen LogP contribution is 2.46. The molecule has 0 amide bonds. The third-order valence-corrected chi connectivity index (χ3v) is 9.86. The summed E-state index contributed by atoms with van der Waals surface area (Å²) in [5, 5.41) is 20.4. The van der Waals surface area contributed by atoms with Gasteiger partial charge in [-0.05, 0) is 81.7 Å². The minimum atomic E-state index is -0.538. The zero-order valence-electron chi connectivity index (χ0n) is 30.9. The van der Waals surface area contributed by atoms with Gasteiger partial charge in [-0.25, -0.2) is 9.15 Å². The Balaban J connectivity index is 1.54. The van der Waals surface area contributed by atoms with Gasteiger partial charge in [0.2, 0.25) is 0 Å². The Kier molecular flexibility index (Phi) is 10.6. The standard InChI is InChI=1S/C41H52N8/c1-40(44-42-38(30-12-20-34(21-13-30)46(3)4)31-14-22-35(23-15-31)47(5)6)28-11-29-41(40,2)45-43-39(32-16-24-36(25-17-32)48(7)8)33-18-26-37(27-19-33)49(9)10/h12-27H,11,28-29H2,1-10H3/q+2. The van der Waals surface area contributed by atoms with Crippen molar-refractivity contribution < 1.29 is 9.15 Å². The zero-order valence-corrected chi connectivity index (χ0v) is 30.9. The normalized spacial score (nSPS) is 21.8. The minimum Gasteiger partial charge on any atom is -0.378 e. The van der Waals surface area contributed by atoms with E-state index in [-0.39, 0.29) is 0 Å². The molecule has 2 unspecified atom stereocenters. The summed E-state index contributed by atoms with van der Waals surface area (Å²) in [5.74, 6) is 0. The van der Waals surface area contributed by atoms with Crippen molar-refractivity contribution in [2.45, 2.75) is 44.2 Å². The SMILES string of the molecule is CN(C)c1ccc(C(N=NC2(C)CCCC2(C)N=NC(=C2C=CC(=[N+](C)C)C=C2)c2ccc(N(C)C)cc2)=C2C=CC(=[N+](C)C)C=C2)cc1. The number of azo groups is 2. The highest BCUT2D eigenvalue weighted by molar-refractivity contribution is 6.03. The molecule has 8 heteroatoms. The fourth-order valence-electron chi connectivity index (χ4n) is 6.19. The summed E-state index contributed by atoms with van der Waals surface area (Å²) in [6, 6.07) is 17.0. The van der Waals surface area contributed by atoms with Gasteiger partial charge in [0, 0.05) is 86.1 Å². The van der Waals surface area contributed by atoms with Gasteiger partial charge in [-0.15, -0.1) is 0 Å². The van der Waals surface area contributed by atoms with E-state index >= 15 is 0 Å². The molecule has 1 fully saturated rings. The van der Waals surface area contributed by atoms with Gasteiger partial charge in [-0.2, -0.15) is 20.5 Å². The van der Waals surface area contributed by atoms with Gasteiger partial charge >= 0.3 is 0 Å². The average molecular weight is 657 g/mol. The molecule has 0 saturated heterocycles. The Morgan fingerprint density at radius 3 is 1.14 bits per heavy atom. The molecule has 0 aliphatic heterocycles. The van der Waals surface area contributed by atoms with E-state index < -0.39 is 11.1 Å². The van der Waals surface area contributed by atoms with Gasteiger partial charge in [0.05, 0.1) is 11.4 Å². The molecule has 5 rings (SSSR count). The zero-order chi connectivity index (χ0) is 35.3. The van der Waals surface area contributed by atoms with Crippen LogP contribution in [-0.4, -0.2) is 88.0 Å². The van der Waals surface area contributed by atoms with Crippen LogP contribution in [0.1, 0.15) is 44.2 Å². The summed E-state index contributed by atoms with van der Waals surface area (Å²) in [6.07, 6.45) is 19.8. The molecule has 0 N–H and O–H groups in total. The highest BCUT2D eigenvalue weighted by atomic mass is 15.2. The largest absolute Gasteiger partial charge is 0.378 e. The first kappa shape index (κ1) is 35.3. The fraction of sp³-hybridized carbons (Fsp3) is 0.366. The third-order valence-electron chi connectivity index (χ3n) is 9.86. The van der Waals surface area contributed by atoms with Crippen LogP contribution >= 0.6 is 0 Å². The van der Waals surface area contributed by atoms with E-state index in [1.165, 1.54) is 0 Å². The highest BCUT2D eigenvalue weighted by Gasteiger charge is 2.50. The monoisotopic (exact) mass is 656 g/mol. The maximum absolute atomic E-state index is 5.16. The van der Waals surface area contributed by atoms with Crippen molar-refractivity contribution in [1.82, 2.24) is 0 Å². The summed E-state index contributed by atoms with van der Waals surface area (Å²) < 4.78 is 4.21. The summed E-state index contributed by atoms with van der Waals surface area (Å²) >= 11 is 0. The van der Waals surface area contributed by atoms with E-state index in [1.54, 1.807) is 0 Å². The lowest BCUT2D eigenvalue weighted by Gasteiger charge is -2.32. The van der Waals surface area contributed by atoms with Crippen LogP contribution in [0.25, 0.3) is 11.4 Å². The van der Waals surface area contributed by atoms with Crippen LogP contribution in [-0.2, 0) is 0 Å². The molecule has 3 aliphatic carbocycles. The number of hydrogen-bond donors (Lipinski definition) is 0. The van der Waals surface area contributed by atoms with Gasteiger partial charge < -0.3 is 9.80 Å². The summed E-state index contributed by atoms with van der Waals surface area (Å²) in [7, 11) is 16.4.